The van der Waals surface area contributed by atoms with Gasteiger partial charge in [0, 0.05) is 20.6 Å². The third kappa shape index (κ3) is 3.15. The van der Waals surface area contributed by atoms with E-state index in [0.29, 0.717) is 0 Å². The second kappa shape index (κ2) is 6.54. The predicted octanol–water partition coefficient (Wildman–Crippen LogP) is 6.31. The maximum Gasteiger partial charge on any atom is 0.143 e. The van der Waals surface area contributed by atoms with Crippen LogP contribution >= 0.6 is 27.3 Å². The lowest BCUT2D eigenvalue weighted by Crippen LogP contribution is -1.95. The van der Waals surface area contributed by atoms with Crippen LogP contribution in [0.1, 0.15) is 4.88 Å². The third-order valence-electron chi connectivity index (χ3n) is 3.88. The van der Waals surface area contributed by atoms with E-state index in [9.17, 15) is 4.39 Å². The van der Waals surface area contributed by atoms with Gasteiger partial charge in [0.1, 0.15) is 22.8 Å². The molecule has 0 spiro atoms. The van der Waals surface area contributed by atoms with E-state index in [4.69, 9.17) is 0 Å². The average molecular weight is 414 g/mol. The van der Waals surface area contributed by atoms with Crippen LogP contribution in [-0.2, 0) is 0 Å². The fourth-order valence-corrected chi connectivity index (χ4v) is 4.22. The summed E-state index contributed by atoms with van der Waals surface area (Å²) < 4.78 is 14.3. The lowest BCUT2D eigenvalue weighted by Gasteiger charge is -2.09. The third-order valence-corrected chi connectivity index (χ3v) is 5.39. The van der Waals surface area contributed by atoms with E-state index in [1.807, 2.05) is 31.2 Å². The SMILES string of the molecule is Cc1sc2ncnc(Nc3cccc(Br)c3)c2c1-c1ccc(F)cc1. The molecule has 2 aromatic heterocycles. The zero-order valence-electron chi connectivity index (χ0n) is 13.3. The summed E-state index contributed by atoms with van der Waals surface area (Å²) in [6.45, 7) is 2.05. The van der Waals surface area contributed by atoms with Crippen molar-refractivity contribution in [1.82, 2.24) is 9.97 Å². The summed E-state index contributed by atoms with van der Waals surface area (Å²) in [7, 11) is 0. The quantitative estimate of drug-likeness (QED) is 0.427. The Morgan fingerprint density at radius 3 is 2.64 bits per heavy atom. The summed E-state index contributed by atoms with van der Waals surface area (Å²) in [5.74, 6) is 0.497. The molecular weight excluding hydrogens is 401 g/mol. The van der Waals surface area contributed by atoms with Crippen molar-refractivity contribution in [2.75, 3.05) is 5.32 Å². The van der Waals surface area contributed by atoms with Gasteiger partial charge < -0.3 is 5.32 Å². The Balaban J connectivity index is 1.89. The topological polar surface area (TPSA) is 37.8 Å². The molecule has 124 valence electrons. The van der Waals surface area contributed by atoms with Crippen molar-refractivity contribution in [1.29, 1.82) is 0 Å². The molecule has 0 fully saturated rings. The highest BCUT2D eigenvalue weighted by atomic mass is 79.9. The highest BCUT2D eigenvalue weighted by Crippen LogP contribution is 2.41. The number of aromatic nitrogens is 2. The minimum atomic E-state index is -0.246. The molecule has 3 nitrogen and oxygen atoms in total. The molecule has 25 heavy (non-hydrogen) atoms. The number of rotatable bonds is 3. The molecule has 4 aromatic rings. The molecule has 0 saturated carbocycles. The molecule has 0 aliphatic rings. The standard InChI is InChI=1S/C19H13BrFN3S/c1-11-16(12-5-7-14(21)8-6-12)17-18(22-10-23-19(17)25-11)24-15-4-2-3-13(20)9-15/h2-10H,1H3,(H,22,23,24). The second-order valence-electron chi connectivity index (χ2n) is 5.58. The van der Waals surface area contributed by atoms with Crippen molar-refractivity contribution in [3.05, 3.63) is 70.0 Å². The predicted molar refractivity (Wildman–Crippen MR) is 105 cm³/mol. The first-order valence-electron chi connectivity index (χ1n) is 7.64. The molecule has 6 heteroatoms. The number of benzene rings is 2. The van der Waals surface area contributed by atoms with E-state index in [1.165, 1.54) is 12.1 Å². The van der Waals surface area contributed by atoms with Crippen LogP contribution in [0.15, 0.2) is 59.3 Å². The molecule has 4 rings (SSSR count). The van der Waals surface area contributed by atoms with Gasteiger partial charge >= 0.3 is 0 Å². The average Bonchev–Trinajstić information content (AvgIpc) is 2.93. The summed E-state index contributed by atoms with van der Waals surface area (Å²) in [5, 5.41) is 4.33. The van der Waals surface area contributed by atoms with Crippen LogP contribution in [0.25, 0.3) is 21.3 Å². The number of anilines is 2. The number of hydrogen-bond acceptors (Lipinski definition) is 4. The van der Waals surface area contributed by atoms with Crippen molar-refractivity contribution in [3.8, 4) is 11.1 Å². The van der Waals surface area contributed by atoms with Gasteiger partial charge in [-0.2, -0.15) is 0 Å². The summed E-state index contributed by atoms with van der Waals surface area (Å²) in [6, 6.07) is 14.4. The Hall–Kier alpha value is -2.31. The number of thiophene rings is 1. The Bertz CT molecular complexity index is 1060. The molecular formula is C19H13BrFN3S. The van der Waals surface area contributed by atoms with E-state index >= 15 is 0 Å². The molecule has 0 amide bonds. The van der Waals surface area contributed by atoms with Crippen LogP contribution in [0.4, 0.5) is 15.9 Å². The number of fused-ring (bicyclic) bond motifs is 1. The summed E-state index contributed by atoms with van der Waals surface area (Å²) in [4.78, 5) is 10.9. The number of aryl methyl sites for hydroxylation is 1. The summed E-state index contributed by atoms with van der Waals surface area (Å²) >= 11 is 5.09. The van der Waals surface area contributed by atoms with Gasteiger partial charge in [0.05, 0.1) is 5.39 Å². The smallest absolute Gasteiger partial charge is 0.143 e. The maximum atomic E-state index is 13.3. The van der Waals surface area contributed by atoms with Gasteiger partial charge in [0.2, 0.25) is 0 Å². The molecule has 0 saturated heterocycles. The Labute approximate surface area is 156 Å². The minimum absolute atomic E-state index is 0.246. The zero-order valence-corrected chi connectivity index (χ0v) is 15.7. The van der Waals surface area contributed by atoms with Crippen LogP contribution in [0.2, 0.25) is 0 Å². The number of hydrogen-bond donors (Lipinski definition) is 1. The lowest BCUT2D eigenvalue weighted by molar-refractivity contribution is 0.628. The molecule has 0 unspecified atom stereocenters. The van der Waals surface area contributed by atoms with Crippen LogP contribution < -0.4 is 5.32 Å². The van der Waals surface area contributed by atoms with Crippen molar-refractivity contribution < 1.29 is 4.39 Å². The Kier molecular flexibility index (Phi) is 4.23. The molecule has 0 aliphatic heterocycles. The number of nitrogens with zero attached hydrogens (tertiary/aromatic N) is 2. The van der Waals surface area contributed by atoms with Gasteiger partial charge in [-0.15, -0.1) is 11.3 Å². The molecule has 1 N–H and O–H groups in total. The molecule has 0 radical (unpaired) electrons. The van der Waals surface area contributed by atoms with Gasteiger partial charge in [0.15, 0.2) is 0 Å². The van der Waals surface area contributed by atoms with Gasteiger partial charge in [-0.1, -0.05) is 34.1 Å². The van der Waals surface area contributed by atoms with E-state index in [0.717, 1.165) is 42.2 Å². The Morgan fingerprint density at radius 1 is 1.08 bits per heavy atom. The highest BCUT2D eigenvalue weighted by Gasteiger charge is 2.17. The van der Waals surface area contributed by atoms with E-state index < -0.39 is 0 Å². The van der Waals surface area contributed by atoms with E-state index in [2.05, 4.69) is 31.2 Å². The fraction of sp³-hybridized carbons (Fsp3) is 0.0526. The Morgan fingerprint density at radius 2 is 1.88 bits per heavy atom. The monoisotopic (exact) mass is 413 g/mol. The van der Waals surface area contributed by atoms with E-state index in [1.54, 1.807) is 29.8 Å². The maximum absolute atomic E-state index is 13.3. The highest BCUT2D eigenvalue weighted by molar-refractivity contribution is 9.10. The van der Waals surface area contributed by atoms with Crippen molar-refractivity contribution >= 4 is 49.0 Å². The first-order chi connectivity index (χ1) is 12.1. The molecule has 0 atom stereocenters. The van der Waals surface area contributed by atoms with E-state index in [-0.39, 0.29) is 5.82 Å². The zero-order chi connectivity index (χ0) is 17.4. The van der Waals surface area contributed by atoms with Crippen LogP contribution in [0, 0.1) is 12.7 Å². The molecule has 0 aliphatic carbocycles. The second-order valence-corrected chi connectivity index (χ2v) is 7.70. The van der Waals surface area contributed by atoms with Crippen LogP contribution in [-0.4, -0.2) is 9.97 Å². The first-order valence-corrected chi connectivity index (χ1v) is 9.25. The van der Waals surface area contributed by atoms with Crippen LogP contribution in [0.3, 0.4) is 0 Å². The minimum Gasteiger partial charge on any atom is -0.340 e. The van der Waals surface area contributed by atoms with Crippen molar-refractivity contribution in [3.63, 3.8) is 0 Å². The fourth-order valence-electron chi connectivity index (χ4n) is 2.81. The van der Waals surface area contributed by atoms with Gasteiger partial charge in [-0.3, -0.25) is 0 Å². The van der Waals surface area contributed by atoms with Gasteiger partial charge in [-0.25, -0.2) is 14.4 Å². The van der Waals surface area contributed by atoms with Crippen LogP contribution in [0.5, 0.6) is 0 Å². The normalized spacial score (nSPS) is 11.0. The largest absolute Gasteiger partial charge is 0.340 e. The summed E-state index contributed by atoms with van der Waals surface area (Å²) in [5.41, 5.74) is 2.93. The number of nitrogens with one attached hydrogen (secondary N) is 1. The first kappa shape index (κ1) is 16.2. The molecule has 0 bridgehead atoms. The van der Waals surface area contributed by atoms with Gasteiger partial charge in [-0.05, 0) is 42.8 Å². The molecule has 2 heterocycles. The number of halogens is 2. The molecule has 2 aromatic carbocycles. The lowest BCUT2D eigenvalue weighted by atomic mass is 10.0. The van der Waals surface area contributed by atoms with Crippen molar-refractivity contribution in [2.45, 2.75) is 6.92 Å². The van der Waals surface area contributed by atoms with Crippen molar-refractivity contribution in [2.24, 2.45) is 0 Å². The summed E-state index contributed by atoms with van der Waals surface area (Å²) in [6.07, 6.45) is 1.56. The van der Waals surface area contributed by atoms with Gasteiger partial charge in [0.25, 0.3) is 0 Å².